The Morgan fingerprint density at radius 1 is 0.532 bits per heavy atom. The van der Waals surface area contributed by atoms with Gasteiger partial charge in [0.05, 0.1) is 12.7 Å². The first-order chi connectivity index (χ1) is 23.1. The molecule has 276 valence electrons. The van der Waals surface area contributed by atoms with Crippen molar-refractivity contribution in [3.8, 4) is 6.07 Å². The Morgan fingerprint density at radius 2 is 0.957 bits per heavy atom. The monoisotopic (exact) mass is 663 g/mol. The number of carbonyl (C=O) groups excluding carboxylic acids is 2. The molecule has 0 unspecified atom stereocenters. The van der Waals surface area contributed by atoms with Crippen molar-refractivity contribution < 1.29 is 19.1 Å². The molecule has 0 aliphatic rings. The van der Waals surface area contributed by atoms with Crippen LogP contribution in [0.3, 0.4) is 0 Å². The molecule has 0 spiro atoms. The fourth-order valence-electron chi connectivity index (χ4n) is 6.24. The van der Waals surface area contributed by atoms with Gasteiger partial charge in [-0.05, 0) is 70.9 Å². The quantitative estimate of drug-likeness (QED) is 0.0486. The molecule has 0 aliphatic heterocycles. The van der Waals surface area contributed by atoms with Crippen LogP contribution in [0.1, 0.15) is 213 Å². The third kappa shape index (κ3) is 34.1. The summed E-state index contributed by atoms with van der Waals surface area (Å²) in [6.45, 7) is 10.2. The maximum absolute atomic E-state index is 12.5. The van der Waals surface area contributed by atoms with Crippen molar-refractivity contribution in [2.45, 2.75) is 219 Å². The number of unbranched alkanes of at least 4 members (excludes halogenated alkanes) is 20. The maximum Gasteiger partial charge on any atom is 0.306 e. The summed E-state index contributed by atoms with van der Waals surface area (Å²) < 4.78 is 11.3. The smallest absolute Gasteiger partial charge is 0.306 e. The lowest BCUT2D eigenvalue weighted by atomic mass is 10.0. The Balaban J connectivity index is 3.93. The van der Waals surface area contributed by atoms with Gasteiger partial charge >= 0.3 is 11.9 Å². The highest BCUT2D eigenvalue weighted by molar-refractivity contribution is 5.69. The van der Waals surface area contributed by atoms with Crippen molar-refractivity contribution in [2.24, 2.45) is 0 Å². The zero-order valence-electron chi connectivity index (χ0n) is 31.6. The van der Waals surface area contributed by atoms with Gasteiger partial charge in [0.1, 0.15) is 6.10 Å². The average molecular weight is 663 g/mol. The van der Waals surface area contributed by atoms with Gasteiger partial charge in [0, 0.05) is 25.8 Å². The lowest BCUT2D eigenvalue weighted by Gasteiger charge is -2.21. The zero-order valence-corrected chi connectivity index (χ0v) is 31.6. The van der Waals surface area contributed by atoms with Crippen molar-refractivity contribution in [1.82, 2.24) is 4.90 Å². The molecule has 0 atom stereocenters. The molecular formula is C41H78N2O4. The van der Waals surface area contributed by atoms with Gasteiger partial charge in [0.15, 0.2) is 0 Å². The molecular weight excluding hydrogens is 584 g/mol. The topological polar surface area (TPSA) is 79.6 Å². The van der Waals surface area contributed by atoms with E-state index in [0.29, 0.717) is 25.9 Å². The number of hydrogen-bond donors (Lipinski definition) is 0. The lowest BCUT2D eigenvalue weighted by Crippen LogP contribution is -2.27. The van der Waals surface area contributed by atoms with E-state index in [2.05, 4.69) is 31.7 Å². The molecule has 0 fully saturated rings. The summed E-state index contributed by atoms with van der Waals surface area (Å²) in [5.41, 5.74) is 0. The highest BCUT2D eigenvalue weighted by Gasteiger charge is 2.14. The van der Waals surface area contributed by atoms with Crippen LogP contribution in [0.25, 0.3) is 0 Å². The number of nitrogens with zero attached hydrogens (tertiary/aromatic N) is 2. The third-order valence-corrected chi connectivity index (χ3v) is 9.32. The van der Waals surface area contributed by atoms with E-state index in [1.165, 1.54) is 103 Å². The van der Waals surface area contributed by atoms with E-state index in [1.807, 2.05) is 0 Å². The van der Waals surface area contributed by atoms with E-state index in [0.717, 1.165) is 90.3 Å². The largest absolute Gasteiger partial charge is 0.466 e. The van der Waals surface area contributed by atoms with Crippen molar-refractivity contribution in [3.63, 3.8) is 0 Å². The number of hydrogen-bond acceptors (Lipinski definition) is 6. The van der Waals surface area contributed by atoms with E-state index in [9.17, 15) is 9.59 Å². The van der Waals surface area contributed by atoms with E-state index in [4.69, 9.17) is 14.7 Å². The number of carbonyl (C=O) groups is 2. The molecule has 0 rings (SSSR count). The van der Waals surface area contributed by atoms with Crippen molar-refractivity contribution in [1.29, 1.82) is 5.26 Å². The van der Waals surface area contributed by atoms with Gasteiger partial charge in [-0.2, -0.15) is 5.26 Å². The van der Waals surface area contributed by atoms with Crippen molar-refractivity contribution in [2.75, 3.05) is 26.2 Å². The molecule has 0 aromatic rings. The van der Waals surface area contributed by atoms with Gasteiger partial charge in [-0.15, -0.1) is 0 Å². The fraction of sp³-hybridized carbons (Fsp3) is 0.927. The Kier molecular flexibility index (Phi) is 35.9. The predicted molar refractivity (Wildman–Crippen MR) is 198 cm³/mol. The van der Waals surface area contributed by atoms with Gasteiger partial charge in [-0.3, -0.25) is 9.59 Å². The highest BCUT2D eigenvalue weighted by Crippen LogP contribution is 2.17. The second kappa shape index (κ2) is 37.2. The number of rotatable bonds is 37. The molecule has 0 aromatic carbocycles. The summed E-state index contributed by atoms with van der Waals surface area (Å²) in [4.78, 5) is 27.0. The molecule has 0 bridgehead atoms. The number of esters is 2. The summed E-state index contributed by atoms with van der Waals surface area (Å²) in [6, 6.07) is 2.31. The molecule has 0 amide bonds. The molecule has 0 saturated heterocycles. The number of nitriles is 1. The average Bonchev–Trinajstić information content (AvgIpc) is 3.07. The van der Waals surface area contributed by atoms with Crippen LogP contribution >= 0.6 is 0 Å². The Morgan fingerprint density at radius 3 is 1.47 bits per heavy atom. The van der Waals surface area contributed by atoms with E-state index < -0.39 is 0 Å². The Bertz CT molecular complexity index is 711. The van der Waals surface area contributed by atoms with Crippen LogP contribution in [0, 0.1) is 11.3 Å². The van der Waals surface area contributed by atoms with Gasteiger partial charge in [0.2, 0.25) is 0 Å². The molecule has 0 aliphatic carbocycles. The second-order valence-electron chi connectivity index (χ2n) is 13.9. The minimum absolute atomic E-state index is 0.00222. The first kappa shape index (κ1) is 45.4. The van der Waals surface area contributed by atoms with Crippen LogP contribution in [0.5, 0.6) is 0 Å². The molecule has 6 heteroatoms. The minimum atomic E-state index is -0.0337. The molecule has 0 aromatic heterocycles. The minimum Gasteiger partial charge on any atom is -0.466 e. The first-order valence-electron chi connectivity index (χ1n) is 20.5. The lowest BCUT2D eigenvalue weighted by molar-refractivity contribution is -0.150. The summed E-state index contributed by atoms with van der Waals surface area (Å²) in [5.74, 6) is -0.0315. The van der Waals surface area contributed by atoms with E-state index in [1.54, 1.807) is 0 Å². The fourth-order valence-corrected chi connectivity index (χ4v) is 6.24. The molecule has 0 N–H and O–H groups in total. The molecule has 0 saturated carbocycles. The summed E-state index contributed by atoms with van der Waals surface area (Å²) in [6.07, 6.45) is 33.3. The highest BCUT2D eigenvalue weighted by atomic mass is 16.5. The molecule has 47 heavy (non-hydrogen) atoms. The standard InChI is InChI=1S/C41H78N2O4/c1-4-7-10-13-14-21-28-38-46-40(44)32-24-17-15-19-26-35-43(37-29-34-42)36-27-20-16-18-25-33-41(45)47-39(30-22-11-8-5-2)31-23-12-9-6-3/h39H,4-33,35-38H2,1-3H3. The predicted octanol–water partition coefficient (Wildman–Crippen LogP) is 12.0. The van der Waals surface area contributed by atoms with Crippen LogP contribution in [0.2, 0.25) is 0 Å². The van der Waals surface area contributed by atoms with Gasteiger partial charge in [0.25, 0.3) is 0 Å². The molecule has 0 heterocycles. The van der Waals surface area contributed by atoms with Crippen LogP contribution in [-0.4, -0.2) is 49.2 Å². The van der Waals surface area contributed by atoms with Gasteiger partial charge < -0.3 is 14.4 Å². The van der Waals surface area contributed by atoms with Crippen molar-refractivity contribution >= 4 is 11.9 Å². The van der Waals surface area contributed by atoms with E-state index >= 15 is 0 Å². The summed E-state index contributed by atoms with van der Waals surface area (Å²) in [5, 5.41) is 9.09. The first-order valence-corrected chi connectivity index (χ1v) is 20.5. The van der Waals surface area contributed by atoms with Gasteiger partial charge in [-0.25, -0.2) is 0 Å². The zero-order chi connectivity index (χ0) is 34.5. The van der Waals surface area contributed by atoms with Crippen LogP contribution in [-0.2, 0) is 19.1 Å². The SMILES string of the molecule is CCCCCCCCCOC(=O)CCCCCCCN(CCC#N)CCCCCCCC(=O)OC(CCCCCC)CCCCCC. The van der Waals surface area contributed by atoms with Crippen LogP contribution in [0.4, 0.5) is 0 Å². The normalized spacial score (nSPS) is 11.3. The Hall–Kier alpha value is -1.61. The Labute approximate surface area is 292 Å². The second-order valence-corrected chi connectivity index (χ2v) is 13.9. The van der Waals surface area contributed by atoms with Crippen molar-refractivity contribution in [3.05, 3.63) is 0 Å². The molecule has 0 radical (unpaired) electrons. The summed E-state index contributed by atoms with van der Waals surface area (Å²) >= 11 is 0. The number of ether oxygens (including phenoxy) is 2. The summed E-state index contributed by atoms with van der Waals surface area (Å²) in [7, 11) is 0. The van der Waals surface area contributed by atoms with Crippen LogP contribution < -0.4 is 0 Å². The molecule has 6 nitrogen and oxygen atoms in total. The van der Waals surface area contributed by atoms with Gasteiger partial charge in [-0.1, -0.05) is 136 Å². The van der Waals surface area contributed by atoms with Crippen LogP contribution in [0.15, 0.2) is 0 Å². The third-order valence-electron chi connectivity index (χ3n) is 9.32. The van der Waals surface area contributed by atoms with E-state index in [-0.39, 0.29) is 18.0 Å². The maximum atomic E-state index is 12.5.